The number of benzene rings is 2. The van der Waals surface area contributed by atoms with E-state index in [1.807, 2.05) is 60.9 Å². The predicted octanol–water partition coefficient (Wildman–Crippen LogP) is 4.90. The van der Waals surface area contributed by atoms with Gasteiger partial charge in [-0.2, -0.15) is 0 Å². The Hall–Kier alpha value is -3.36. The van der Waals surface area contributed by atoms with Crippen molar-refractivity contribution in [1.29, 1.82) is 0 Å². The third kappa shape index (κ3) is 4.06. The van der Waals surface area contributed by atoms with Gasteiger partial charge in [0.2, 0.25) is 0 Å². The van der Waals surface area contributed by atoms with Crippen LogP contribution in [0.4, 0.5) is 0 Å². The van der Waals surface area contributed by atoms with Crippen molar-refractivity contribution in [3.05, 3.63) is 87.6 Å². The van der Waals surface area contributed by atoms with E-state index in [4.69, 9.17) is 12.2 Å². The first-order chi connectivity index (χ1) is 15.3. The quantitative estimate of drug-likeness (QED) is 0.413. The number of amides is 1. The highest BCUT2D eigenvalue weighted by Crippen LogP contribution is 2.35. The second-order valence-electron chi connectivity index (χ2n) is 7.42. The lowest BCUT2D eigenvalue weighted by molar-refractivity contribution is -0.122. The molecule has 1 saturated heterocycles. The zero-order chi connectivity index (χ0) is 23.0. The normalized spacial score (nSPS) is 15.1. The highest BCUT2D eigenvalue weighted by molar-refractivity contribution is 8.26. The predicted molar refractivity (Wildman–Crippen MR) is 129 cm³/mol. The van der Waals surface area contributed by atoms with Crippen molar-refractivity contribution < 1.29 is 19.8 Å². The molecule has 0 unspecified atom stereocenters. The number of thiocarbonyl (C=S) groups is 1. The topological polar surface area (TPSA) is 82.8 Å². The zero-order valence-corrected chi connectivity index (χ0v) is 19.0. The molecule has 1 aliphatic heterocycles. The summed E-state index contributed by atoms with van der Waals surface area (Å²) in [6.45, 7) is 4.22. The zero-order valence-electron chi connectivity index (χ0n) is 17.4. The van der Waals surface area contributed by atoms with Gasteiger partial charge in [-0.1, -0.05) is 54.3 Å². The fraction of sp³-hybridized carbons (Fsp3) is 0.125. The van der Waals surface area contributed by atoms with E-state index < -0.39 is 5.97 Å². The van der Waals surface area contributed by atoms with Gasteiger partial charge in [-0.25, -0.2) is 4.79 Å². The molecule has 0 aliphatic carbocycles. The molecule has 0 bridgehead atoms. The number of carbonyl (C=O) groups excluding carboxylic acids is 1. The molecule has 6 nitrogen and oxygen atoms in total. The van der Waals surface area contributed by atoms with Crippen molar-refractivity contribution in [1.82, 2.24) is 9.47 Å². The number of hydrogen-bond donors (Lipinski definition) is 2. The summed E-state index contributed by atoms with van der Waals surface area (Å²) in [6, 6.07) is 16.1. The number of aromatic hydroxyl groups is 1. The van der Waals surface area contributed by atoms with E-state index in [9.17, 15) is 19.8 Å². The molecule has 2 aromatic carbocycles. The van der Waals surface area contributed by atoms with Crippen LogP contribution < -0.4 is 0 Å². The summed E-state index contributed by atoms with van der Waals surface area (Å²) >= 11 is 6.72. The summed E-state index contributed by atoms with van der Waals surface area (Å²) in [4.78, 5) is 26.5. The van der Waals surface area contributed by atoms with Crippen LogP contribution in [0, 0.1) is 13.8 Å². The van der Waals surface area contributed by atoms with E-state index in [2.05, 4.69) is 0 Å². The number of aryl methyl sites for hydroxylation is 1. The van der Waals surface area contributed by atoms with Gasteiger partial charge in [0, 0.05) is 17.1 Å². The molecule has 0 saturated carbocycles. The number of rotatable bonds is 5. The van der Waals surface area contributed by atoms with Crippen molar-refractivity contribution in [3.63, 3.8) is 0 Å². The van der Waals surface area contributed by atoms with E-state index in [0.29, 0.717) is 21.5 Å². The summed E-state index contributed by atoms with van der Waals surface area (Å²) in [5.41, 5.74) is 4.01. The van der Waals surface area contributed by atoms with Crippen LogP contribution in [0.25, 0.3) is 11.8 Å². The number of carboxylic acids is 1. The Labute approximate surface area is 194 Å². The third-order valence-corrected chi connectivity index (χ3v) is 6.66. The summed E-state index contributed by atoms with van der Waals surface area (Å²) in [5.74, 6) is -1.62. The minimum atomic E-state index is -1.20. The molecule has 162 valence electrons. The first kappa shape index (κ1) is 21.9. The second kappa shape index (κ2) is 8.64. The fourth-order valence-corrected chi connectivity index (χ4v) is 4.95. The fourth-order valence-electron chi connectivity index (χ4n) is 3.71. The van der Waals surface area contributed by atoms with Gasteiger partial charge in [-0.15, -0.1) is 0 Å². The number of thioether (sulfide) groups is 1. The summed E-state index contributed by atoms with van der Waals surface area (Å²) < 4.78 is 2.41. The molecule has 0 radical (unpaired) electrons. The van der Waals surface area contributed by atoms with Crippen LogP contribution in [-0.2, 0) is 11.3 Å². The van der Waals surface area contributed by atoms with Gasteiger partial charge in [0.1, 0.15) is 15.6 Å². The van der Waals surface area contributed by atoms with Crippen molar-refractivity contribution in [2.45, 2.75) is 20.4 Å². The van der Waals surface area contributed by atoms with Crippen LogP contribution in [0.1, 0.15) is 32.9 Å². The first-order valence-corrected chi connectivity index (χ1v) is 11.0. The molecule has 1 aromatic heterocycles. The lowest BCUT2D eigenvalue weighted by atomic mass is 10.1. The van der Waals surface area contributed by atoms with Gasteiger partial charge in [0.05, 0.1) is 11.4 Å². The van der Waals surface area contributed by atoms with Crippen molar-refractivity contribution in [3.8, 4) is 11.4 Å². The highest BCUT2D eigenvalue weighted by atomic mass is 32.2. The second-order valence-corrected chi connectivity index (χ2v) is 9.10. The molecule has 3 aromatic rings. The van der Waals surface area contributed by atoms with Crippen molar-refractivity contribution in [2.24, 2.45) is 0 Å². The molecule has 2 N–H and O–H groups in total. The van der Waals surface area contributed by atoms with Gasteiger partial charge in [-0.05, 0) is 55.3 Å². The molecule has 0 atom stereocenters. The van der Waals surface area contributed by atoms with E-state index in [-0.39, 0.29) is 17.2 Å². The molecule has 32 heavy (non-hydrogen) atoms. The van der Waals surface area contributed by atoms with Crippen LogP contribution in [-0.4, -0.2) is 35.9 Å². The standard InChI is InChI=1S/C24H20N2O4S2/c1-14-10-17(15(2)26(14)18-8-9-20(27)19(12-18)23(29)30)11-21-22(28)25(24(31)32-21)13-16-6-4-3-5-7-16/h3-12,27H,13H2,1-2H3,(H,29,30)/b21-11-. The van der Waals surface area contributed by atoms with Crippen LogP contribution in [0.2, 0.25) is 0 Å². The Balaban J connectivity index is 1.66. The maximum Gasteiger partial charge on any atom is 0.339 e. The molecule has 4 rings (SSSR count). The SMILES string of the molecule is Cc1cc(/C=C2\SC(=S)N(Cc3ccccc3)C2=O)c(C)n1-c1ccc(O)c(C(=O)O)c1. The first-order valence-electron chi connectivity index (χ1n) is 9.81. The third-order valence-electron chi connectivity index (χ3n) is 5.28. The number of phenols is 1. The van der Waals surface area contributed by atoms with Crippen LogP contribution >= 0.6 is 24.0 Å². The maximum atomic E-state index is 13.0. The Kier molecular flexibility index (Phi) is 5.90. The van der Waals surface area contributed by atoms with Gasteiger partial charge in [-0.3, -0.25) is 9.69 Å². The van der Waals surface area contributed by atoms with Gasteiger partial charge >= 0.3 is 5.97 Å². The number of aromatic carboxylic acids is 1. The maximum absolute atomic E-state index is 13.0. The minimum absolute atomic E-state index is 0.133. The average molecular weight is 465 g/mol. The van der Waals surface area contributed by atoms with Gasteiger partial charge in [0.15, 0.2) is 0 Å². The summed E-state index contributed by atoms with van der Waals surface area (Å²) in [7, 11) is 0. The van der Waals surface area contributed by atoms with Crippen LogP contribution in [0.15, 0.2) is 59.5 Å². The number of carbonyl (C=O) groups is 2. The van der Waals surface area contributed by atoms with Gasteiger partial charge < -0.3 is 14.8 Å². The Morgan fingerprint density at radius 1 is 1.12 bits per heavy atom. The lowest BCUT2D eigenvalue weighted by Crippen LogP contribution is -2.27. The molecular weight excluding hydrogens is 444 g/mol. The van der Waals surface area contributed by atoms with E-state index >= 15 is 0 Å². The van der Waals surface area contributed by atoms with Crippen molar-refractivity contribution in [2.75, 3.05) is 0 Å². The number of aromatic nitrogens is 1. The smallest absolute Gasteiger partial charge is 0.339 e. The average Bonchev–Trinajstić information content (AvgIpc) is 3.18. The number of hydrogen-bond acceptors (Lipinski definition) is 5. The molecule has 1 fully saturated rings. The minimum Gasteiger partial charge on any atom is -0.507 e. The Morgan fingerprint density at radius 2 is 1.84 bits per heavy atom. The molecule has 2 heterocycles. The van der Waals surface area contributed by atoms with Crippen molar-refractivity contribution >= 4 is 46.3 Å². The Morgan fingerprint density at radius 3 is 2.53 bits per heavy atom. The lowest BCUT2D eigenvalue weighted by Gasteiger charge is -2.14. The molecule has 1 amide bonds. The molecular formula is C24H20N2O4S2. The summed E-state index contributed by atoms with van der Waals surface area (Å²) in [5, 5.41) is 19.1. The summed E-state index contributed by atoms with van der Waals surface area (Å²) in [6.07, 6.45) is 1.82. The van der Waals surface area contributed by atoms with E-state index in [1.165, 1.54) is 23.9 Å². The molecule has 8 heteroatoms. The largest absolute Gasteiger partial charge is 0.507 e. The van der Waals surface area contributed by atoms with E-state index in [0.717, 1.165) is 22.5 Å². The highest BCUT2D eigenvalue weighted by Gasteiger charge is 2.32. The van der Waals surface area contributed by atoms with Crippen LogP contribution in [0.3, 0.4) is 0 Å². The Bertz CT molecular complexity index is 1280. The monoisotopic (exact) mass is 464 g/mol. The molecule has 0 spiro atoms. The van der Waals surface area contributed by atoms with E-state index in [1.54, 1.807) is 11.0 Å². The van der Waals surface area contributed by atoms with Crippen LogP contribution in [0.5, 0.6) is 5.75 Å². The number of nitrogens with zero attached hydrogens (tertiary/aromatic N) is 2. The number of carboxylic acid groups (broad SMARTS) is 1. The molecule has 1 aliphatic rings. The van der Waals surface area contributed by atoms with Gasteiger partial charge in [0.25, 0.3) is 5.91 Å².